The molecule has 7 rings (SSSR count). The van der Waals surface area contributed by atoms with Gasteiger partial charge in [0.25, 0.3) is 0 Å². The molecule has 4 aliphatic carbocycles. The second-order valence-electron chi connectivity index (χ2n) is 21.0. The lowest BCUT2D eigenvalue weighted by molar-refractivity contribution is -0.338. The van der Waals surface area contributed by atoms with Crippen molar-refractivity contribution in [2.45, 2.75) is 229 Å². The number of ether oxygens (including phenoxy) is 10. The van der Waals surface area contributed by atoms with Gasteiger partial charge < -0.3 is 67.8 Å². The van der Waals surface area contributed by atoms with Gasteiger partial charge >= 0.3 is 5.97 Å². The highest BCUT2D eigenvalue weighted by atomic mass is 16.7. The molecule has 0 amide bonds. The van der Waals surface area contributed by atoms with E-state index < -0.39 is 113 Å². The van der Waals surface area contributed by atoms with E-state index in [9.17, 15) is 30.0 Å². The minimum atomic E-state index is -2.02. The van der Waals surface area contributed by atoms with E-state index in [-0.39, 0.29) is 49.9 Å². The van der Waals surface area contributed by atoms with Crippen LogP contribution in [0.5, 0.6) is 0 Å². The van der Waals surface area contributed by atoms with Crippen molar-refractivity contribution in [3.05, 3.63) is 23.3 Å². The fourth-order valence-corrected chi connectivity index (χ4v) is 12.9. The Labute approximate surface area is 384 Å². The first-order valence-corrected chi connectivity index (χ1v) is 24.0. The molecule has 0 bridgehead atoms. The summed E-state index contributed by atoms with van der Waals surface area (Å²) < 4.78 is 62.1. The number of esters is 1. The number of fused-ring (bicyclic) bond motifs is 5. The van der Waals surface area contributed by atoms with Gasteiger partial charge in [-0.15, -0.1) is 0 Å². The van der Waals surface area contributed by atoms with Crippen LogP contribution in [0.4, 0.5) is 0 Å². The molecule has 20 atom stereocenters. The van der Waals surface area contributed by atoms with Crippen LogP contribution in [-0.2, 0) is 57.0 Å². The van der Waals surface area contributed by atoms with E-state index in [1.165, 1.54) is 13.0 Å². The zero-order chi connectivity index (χ0) is 47.6. The fraction of sp³-hybridized carbons (Fsp3) is 0.878. The van der Waals surface area contributed by atoms with Crippen LogP contribution in [0.15, 0.2) is 23.3 Å². The molecule has 16 nitrogen and oxygen atoms in total. The molecule has 370 valence electrons. The zero-order valence-electron chi connectivity index (χ0n) is 40.7. The highest BCUT2D eigenvalue weighted by molar-refractivity contribution is 5.87. The Morgan fingerprint density at radius 1 is 0.769 bits per heavy atom. The summed E-state index contributed by atoms with van der Waals surface area (Å²) in [7, 11) is 4.84. The Morgan fingerprint density at radius 3 is 1.85 bits per heavy atom. The molecule has 0 aromatic carbocycles. The number of ketones is 1. The van der Waals surface area contributed by atoms with Gasteiger partial charge in [0.2, 0.25) is 0 Å². The van der Waals surface area contributed by atoms with Crippen LogP contribution in [0, 0.1) is 22.7 Å². The predicted octanol–water partition coefficient (Wildman–Crippen LogP) is 4.59. The molecular formula is C49H78O16. The summed E-state index contributed by atoms with van der Waals surface area (Å²) in [5.74, 6) is -1.59. The van der Waals surface area contributed by atoms with Crippen molar-refractivity contribution in [2.24, 2.45) is 22.7 Å². The first-order valence-electron chi connectivity index (χ1n) is 24.0. The fourth-order valence-electron chi connectivity index (χ4n) is 12.9. The molecule has 0 aromatic heterocycles. The minimum absolute atomic E-state index is 0.0276. The molecule has 0 aromatic rings. The van der Waals surface area contributed by atoms with Gasteiger partial charge in [0, 0.05) is 52.6 Å². The Kier molecular flexibility index (Phi) is 15.0. The largest absolute Gasteiger partial charge is 0.458 e. The van der Waals surface area contributed by atoms with E-state index in [0.717, 1.165) is 11.1 Å². The van der Waals surface area contributed by atoms with Crippen molar-refractivity contribution in [3.63, 3.8) is 0 Å². The first-order chi connectivity index (χ1) is 30.5. The molecule has 0 radical (unpaired) electrons. The third-order valence-electron chi connectivity index (χ3n) is 17.4. The van der Waals surface area contributed by atoms with Crippen LogP contribution >= 0.6 is 0 Å². The van der Waals surface area contributed by atoms with Crippen LogP contribution in [0.1, 0.15) is 127 Å². The maximum atomic E-state index is 13.5. The molecule has 0 spiro atoms. The summed E-state index contributed by atoms with van der Waals surface area (Å²) >= 11 is 0. The van der Waals surface area contributed by atoms with Crippen molar-refractivity contribution < 1.29 is 77.4 Å². The molecule has 3 heterocycles. The number of carbonyl (C=O) groups is 2. The van der Waals surface area contributed by atoms with Gasteiger partial charge in [-0.3, -0.25) is 4.79 Å². The van der Waals surface area contributed by atoms with Gasteiger partial charge in [-0.2, -0.15) is 0 Å². The monoisotopic (exact) mass is 923 g/mol. The molecule has 3 saturated heterocycles. The average molecular weight is 923 g/mol. The molecule has 6 fully saturated rings. The van der Waals surface area contributed by atoms with Gasteiger partial charge in [0.1, 0.15) is 41.2 Å². The van der Waals surface area contributed by atoms with Crippen LogP contribution in [0.2, 0.25) is 0 Å². The van der Waals surface area contributed by atoms with E-state index in [0.29, 0.717) is 38.5 Å². The second-order valence-corrected chi connectivity index (χ2v) is 21.0. The zero-order valence-corrected chi connectivity index (χ0v) is 40.7. The summed E-state index contributed by atoms with van der Waals surface area (Å²) in [6.07, 6.45) is -0.620. The summed E-state index contributed by atoms with van der Waals surface area (Å²) in [4.78, 5) is 26.8. The Hall–Kier alpha value is -1.90. The van der Waals surface area contributed by atoms with Crippen LogP contribution in [-0.4, -0.2) is 156 Å². The van der Waals surface area contributed by atoms with Crippen molar-refractivity contribution in [2.75, 3.05) is 21.3 Å². The minimum Gasteiger partial charge on any atom is -0.458 e. The summed E-state index contributed by atoms with van der Waals surface area (Å²) in [5.41, 5.74) is -6.04. The van der Waals surface area contributed by atoms with Crippen molar-refractivity contribution in [1.82, 2.24) is 0 Å². The molecule has 1 unspecified atom stereocenters. The molecule has 3 saturated carbocycles. The normalized spacial score (nSPS) is 49.1. The number of aliphatic hydroxyl groups is 4. The van der Waals surface area contributed by atoms with E-state index >= 15 is 0 Å². The first kappa shape index (κ1) is 51.0. The second kappa shape index (κ2) is 19.1. The SMILES string of the molecule is CO[C@H]1C[C@H](O[C@@H]2[C@H](C)O[C@@H](O[C@H]3[C@@H](OC)C[C@H](O[C@H]4CC[C@@]5(C)C(=CC[C@]6(O)C5C[C@@H](OC(=O)/C=C(/C)C(C)C)[C@@]5(C)[C@]6(O)CC[C@@]5(O)C(C)=O)C4)O[C@@H]3C)C[C@@H]2OC)O[C@H](C)[C@H]1O. The summed E-state index contributed by atoms with van der Waals surface area (Å²) in [6.45, 7) is 16.4. The van der Waals surface area contributed by atoms with Crippen molar-refractivity contribution in [3.8, 4) is 0 Å². The average Bonchev–Trinajstić information content (AvgIpc) is 3.48. The molecule has 4 N–H and O–H groups in total. The third kappa shape index (κ3) is 8.75. The molecule has 3 aliphatic heterocycles. The van der Waals surface area contributed by atoms with E-state index in [2.05, 4.69) is 6.92 Å². The number of hydrogen-bond donors (Lipinski definition) is 4. The van der Waals surface area contributed by atoms with Gasteiger partial charge in [-0.1, -0.05) is 38.0 Å². The molecule has 16 heteroatoms. The Balaban J connectivity index is 1.01. The van der Waals surface area contributed by atoms with Crippen LogP contribution < -0.4 is 0 Å². The number of rotatable bonds is 13. The summed E-state index contributed by atoms with van der Waals surface area (Å²) in [6, 6.07) is 0. The Bertz CT molecular complexity index is 1790. The predicted molar refractivity (Wildman–Crippen MR) is 234 cm³/mol. The van der Waals surface area contributed by atoms with Gasteiger partial charge in [-0.05, 0) is 97.8 Å². The van der Waals surface area contributed by atoms with Crippen LogP contribution in [0.3, 0.4) is 0 Å². The highest BCUT2D eigenvalue weighted by Gasteiger charge is 2.81. The summed E-state index contributed by atoms with van der Waals surface area (Å²) in [5, 5.41) is 48.3. The van der Waals surface area contributed by atoms with Crippen molar-refractivity contribution in [1.29, 1.82) is 0 Å². The molecular weight excluding hydrogens is 845 g/mol. The lowest BCUT2D eigenvalue weighted by Gasteiger charge is -2.67. The van der Waals surface area contributed by atoms with Gasteiger partial charge in [0.15, 0.2) is 24.7 Å². The number of aliphatic hydroxyl groups excluding tert-OH is 1. The maximum absolute atomic E-state index is 13.5. The van der Waals surface area contributed by atoms with E-state index in [1.54, 1.807) is 35.2 Å². The lowest BCUT2D eigenvalue weighted by Crippen LogP contribution is -2.78. The smallest absolute Gasteiger partial charge is 0.330 e. The molecule has 7 aliphatic rings. The number of methoxy groups -OCH3 is 3. The number of hydrogen-bond acceptors (Lipinski definition) is 16. The van der Waals surface area contributed by atoms with E-state index in [1.807, 2.05) is 40.7 Å². The quantitative estimate of drug-likeness (QED) is 0.113. The van der Waals surface area contributed by atoms with E-state index in [4.69, 9.17) is 47.4 Å². The van der Waals surface area contributed by atoms with Gasteiger partial charge in [-0.25, -0.2) is 4.79 Å². The maximum Gasteiger partial charge on any atom is 0.330 e. The highest BCUT2D eigenvalue weighted by Crippen LogP contribution is 2.71. The topological polar surface area (TPSA) is 207 Å². The number of Topliss-reactive ketones (excluding diaryl/α,β-unsaturated/α-hetero) is 1. The Morgan fingerprint density at radius 2 is 1.31 bits per heavy atom. The third-order valence-corrected chi connectivity index (χ3v) is 17.4. The lowest BCUT2D eigenvalue weighted by atomic mass is 9.42. The number of carbonyl (C=O) groups excluding carboxylic acids is 2. The standard InChI is InChI=1S/C49H78O16/c1-25(2)26(3)19-38(51)63-37-24-36-45(8)15-14-32(20-31(45)13-16-48(36,54)49(55)18-17-47(53,30(7)50)46(37,49)9)62-39-22-34(57-11)43(28(5)60-39)65-41-23-35(58-12)44(29(6)61-41)64-40-21-33(56-10)42(52)27(4)59-40/h13,19,25,27-29,32-37,39-44,52-55H,14-18,20-24H2,1-12H3/b26-19-/t27-,28-,29+,32+,33+,34+,35+,36?,37-,39+,40+,41+,42-,43-,44-,45+,46-,47-,48+,49-/m1/s1. The van der Waals surface area contributed by atoms with Crippen LogP contribution in [0.25, 0.3) is 0 Å². The van der Waals surface area contributed by atoms with Gasteiger partial charge in [0.05, 0.1) is 48.1 Å². The number of allylic oxidation sites excluding steroid dienone is 1. The molecule has 65 heavy (non-hydrogen) atoms. The van der Waals surface area contributed by atoms with Crippen molar-refractivity contribution >= 4 is 11.8 Å².